The second-order valence-corrected chi connectivity index (χ2v) is 4.21. The summed E-state index contributed by atoms with van der Waals surface area (Å²) in [4.78, 5) is 0. The Kier molecular flexibility index (Phi) is 4.77. The monoisotopic (exact) mass is 223 g/mol. The number of ether oxygens (including phenoxy) is 2. The van der Waals surface area contributed by atoms with E-state index >= 15 is 0 Å². The van der Waals surface area contributed by atoms with Gasteiger partial charge < -0.3 is 15.2 Å². The minimum atomic E-state index is -0.0235. The third kappa shape index (κ3) is 3.51. The van der Waals surface area contributed by atoms with Gasteiger partial charge in [-0.1, -0.05) is 17.7 Å². The average Bonchev–Trinajstić information content (AvgIpc) is 2.20. The van der Waals surface area contributed by atoms with E-state index in [0.717, 1.165) is 11.3 Å². The molecule has 1 rings (SSSR count). The lowest BCUT2D eigenvalue weighted by atomic mass is 10.1. The number of benzene rings is 1. The molecule has 0 saturated carbocycles. The van der Waals surface area contributed by atoms with Crippen molar-refractivity contribution in [3.8, 4) is 5.75 Å². The Balaban J connectivity index is 2.86. The Morgan fingerprint density at radius 1 is 1.31 bits per heavy atom. The summed E-state index contributed by atoms with van der Waals surface area (Å²) in [6, 6.07) is 6.05. The van der Waals surface area contributed by atoms with Gasteiger partial charge in [-0.2, -0.15) is 0 Å². The minimum absolute atomic E-state index is 0.0235. The highest BCUT2D eigenvalue weighted by atomic mass is 16.5. The van der Waals surface area contributed by atoms with Gasteiger partial charge in [-0.3, -0.25) is 0 Å². The lowest BCUT2D eigenvalue weighted by Gasteiger charge is -2.19. The molecule has 0 aromatic heterocycles. The first kappa shape index (κ1) is 13.0. The van der Waals surface area contributed by atoms with Crippen LogP contribution in [0.4, 0.5) is 0 Å². The summed E-state index contributed by atoms with van der Waals surface area (Å²) in [5.74, 6) is 0.852. The summed E-state index contributed by atoms with van der Waals surface area (Å²) in [6.07, 6.45) is 0.0326. The highest BCUT2D eigenvalue weighted by Gasteiger charge is 2.11. The van der Waals surface area contributed by atoms with E-state index in [4.69, 9.17) is 15.2 Å². The summed E-state index contributed by atoms with van der Waals surface area (Å²) in [7, 11) is 1.67. The van der Waals surface area contributed by atoms with E-state index < -0.39 is 0 Å². The quantitative estimate of drug-likeness (QED) is 0.833. The van der Waals surface area contributed by atoms with E-state index in [1.54, 1.807) is 7.11 Å². The number of methoxy groups -OCH3 is 1. The van der Waals surface area contributed by atoms with Crippen LogP contribution < -0.4 is 10.5 Å². The van der Waals surface area contributed by atoms with Crippen molar-refractivity contribution in [1.29, 1.82) is 0 Å². The van der Waals surface area contributed by atoms with Crippen molar-refractivity contribution in [3.05, 3.63) is 29.3 Å². The fraction of sp³-hybridized carbons (Fsp3) is 0.538. The molecule has 0 spiro atoms. The SMILES string of the molecule is COCC(C)Oc1ccc(C)cc1[C@@H](C)N. The maximum atomic E-state index is 5.92. The van der Waals surface area contributed by atoms with Crippen LogP contribution in [0.15, 0.2) is 18.2 Å². The maximum absolute atomic E-state index is 5.92. The molecule has 1 unspecified atom stereocenters. The molecule has 0 heterocycles. The third-order valence-corrected chi connectivity index (χ3v) is 2.39. The molecular formula is C13H21NO2. The normalized spacial score (nSPS) is 14.6. The van der Waals surface area contributed by atoms with Gasteiger partial charge in [0.05, 0.1) is 6.61 Å². The standard InChI is InChI=1S/C13H21NO2/c1-9-5-6-13(12(7-9)11(3)14)16-10(2)8-15-4/h5-7,10-11H,8,14H2,1-4H3/t10?,11-/m1/s1. The molecule has 0 saturated heterocycles. The van der Waals surface area contributed by atoms with Crippen LogP contribution in [0.3, 0.4) is 0 Å². The molecule has 0 radical (unpaired) electrons. The molecule has 3 nitrogen and oxygen atoms in total. The van der Waals surface area contributed by atoms with Crippen molar-refractivity contribution in [1.82, 2.24) is 0 Å². The zero-order chi connectivity index (χ0) is 12.1. The van der Waals surface area contributed by atoms with Gasteiger partial charge in [-0.15, -0.1) is 0 Å². The third-order valence-electron chi connectivity index (χ3n) is 2.39. The fourth-order valence-corrected chi connectivity index (χ4v) is 1.62. The zero-order valence-electron chi connectivity index (χ0n) is 10.5. The molecule has 0 fully saturated rings. The van der Waals surface area contributed by atoms with Crippen LogP contribution in [-0.4, -0.2) is 19.8 Å². The minimum Gasteiger partial charge on any atom is -0.488 e. The highest BCUT2D eigenvalue weighted by molar-refractivity contribution is 5.38. The summed E-state index contributed by atoms with van der Waals surface area (Å²) < 4.78 is 10.8. The molecule has 90 valence electrons. The van der Waals surface area contributed by atoms with Crippen molar-refractivity contribution in [2.24, 2.45) is 5.73 Å². The van der Waals surface area contributed by atoms with Gasteiger partial charge in [-0.25, -0.2) is 0 Å². The number of aryl methyl sites for hydroxylation is 1. The number of rotatable bonds is 5. The molecule has 2 atom stereocenters. The van der Waals surface area contributed by atoms with Crippen LogP contribution in [0.2, 0.25) is 0 Å². The molecule has 0 bridgehead atoms. The van der Waals surface area contributed by atoms with Gasteiger partial charge in [0.25, 0.3) is 0 Å². The van der Waals surface area contributed by atoms with E-state index in [-0.39, 0.29) is 12.1 Å². The molecule has 1 aromatic carbocycles. The topological polar surface area (TPSA) is 44.5 Å². The van der Waals surface area contributed by atoms with Gasteiger partial charge in [0, 0.05) is 18.7 Å². The van der Waals surface area contributed by atoms with Crippen LogP contribution >= 0.6 is 0 Å². The van der Waals surface area contributed by atoms with Crippen LogP contribution in [-0.2, 0) is 4.74 Å². The lowest BCUT2D eigenvalue weighted by Crippen LogP contribution is -2.19. The summed E-state index contributed by atoms with van der Waals surface area (Å²) in [5.41, 5.74) is 8.16. The Hall–Kier alpha value is -1.06. The van der Waals surface area contributed by atoms with E-state index in [0.29, 0.717) is 6.61 Å². The lowest BCUT2D eigenvalue weighted by molar-refractivity contribution is 0.0912. The Labute approximate surface area is 97.6 Å². The molecular weight excluding hydrogens is 202 g/mol. The molecule has 0 aliphatic rings. The molecule has 16 heavy (non-hydrogen) atoms. The van der Waals surface area contributed by atoms with Crippen LogP contribution in [0, 0.1) is 6.92 Å². The summed E-state index contributed by atoms with van der Waals surface area (Å²) in [5, 5.41) is 0. The van der Waals surface area contributed by atoms with Gasteiger partial charge in [0.2, 0.25) is 0 Å². The van der Waals surface area contributed by atoms with Crippen molar-refractivity contribution >= 4 is 0 Å². The molecule has 0 amide bonds. The van der Waals surface area contributed by atoms with Crippen LogP contribution in [0.1, 0.15) is 31.0 Å². The predicted octanol–water partition coefficient (Wildman–Crippen LogP) is 2.43. The Morgan fingerprint density at radius 2 is 2.00 bits per heavy atom. The van der Waals surface area contributed by atoms with Crippen LogP contribution in [0.5, 0.6) is 5.75 Å². The molecule has 3 heteroatoms. The summed E-state index contributed by atoms with van der Waals surface area (Å²) in [6.45, 7) is 6.57. The highest BCUT2D eigenvalue weighted by Crippen LogP contribution is 2.25. The van der Waals surface area contributed by atoms with Crippen molar-refractivity contribution in [2.45, 2.75) is 32.9 Å². The Morgan fingerprint density at radius 3 is 2.56 bits per heavy atom. The number of hydrogen-bond donors (Lipinski definition) is 1. The Bertz CT molecular complexity index is 337. The average molecular weight is 223 g/mol. The molecule has 0 aliphatic heterocycles. The predicted molar refractivity (Wildman–Crippen MR) is 65.7 cm³/mol. The van der Waals surface area contributed by atoms with E-state index in [9.17, 15) is 0 Å². The smallest absolute Gasteiger partial charge is 0.124 e. The fourth-order valence-electron chi connectivity index (χ4n) is 1.62. The largest absolute Gasteiger partial charge is 0.488 e. The van der Waals surface area contributed by atoms with Crippen molar-refractivity contribution < 1.29 is 9.47 Å². The van der Waals surface area contributed by atoms with Gasteiger partial charge in [-0.05, 0) is 26.8 Å². The molecule has 0 aliphatic carbocycles. The first-order valence-electron chi connectivity index (χ1n) is 5.56. The first-order chi connectivity index (χ1) is 7.54. The number of hydrogen-bond acceptors (Lipinski definition) is 3. The van der Waals surface area contributed by atoms with E-state index in [1.807, 2.05) is 32.9 Å². The van der Waals surface area contributed by atoms with E-state index in [2.05, 4.69) is 6.07 Å². The van der Waals surface area contributed by atoms with Gasteiger partial charge in [0.15, 0.2) is 0 Å². The van der Waals surface area contributed by atoms with Gasteiger partial charge in [0.1, 0.15) is 11.9 Å². The second-order valence-electron chi connectivity index (χ2n) is 4.21. The number of nitrogens with two attached hydrogens (primary N) is 1. The maximum Gasteiger partial charge on any atom is 0.124 e. The van der Waals surface area contributed by atoms with Gasteiger partial charge >= 0.3 is 0 Å². The molecule has 2 N–H and O–H groups in total. The molecule has 1 aromatic rings. The van der Waals surface area contributed by atoms with Crippen molar-refractivity contribution in [3.63, 3.8) is 0 Å². The first-order valence-corrected chi connectivity index (χ1v) is 5.56. The second kappa shape index (κ2) is 5.87. The van der Waals surface area contributed by atoms with E-state index in [1.165, 1.54) is 5.56 Å². The van der Waals surface area contributed by atoms with Crippen LogP contribution in [0.25, 0.3) is 0 Å². The van der Waals surface area contributed by atoms with Crippen molar-refractivity contribution in [2.75, 3.05) is 13.7 Å². The zero-order valence-corrected chi connectivity index (χ0v) is 10.5. The summed E-state index contributed by atoms with van der Waals surface area (Å²) >= 11 is 0.